The zero-order chi connectivity index (χ0) is 23.6. The number of fused-ring (bicyclic) bond motifs is 2. The number of carboxylic acid groups (broad SMARTS) is 1. The number of hydrogen-bond acceptors (Lipinski definition) is 8. The van der Waals surface area contributed by atoms with Crippen LogP contribution in [0.1, 0.15) is 29.2 Å². The van der Waals surface area contributed by atoms with E-state index >= 15 is 0 Å². The van der Waals surface area contributed by atoms with Crippen molar-refractivity contribution in [2.45, 2.75) is 37.6 Å². The number of nitrogens with two attached hydrogens (primary N) is 2. The van der Waals surface area contributed by atoms with Crippen molar-refractivity contribution in [1.29, 1.82) is 0 Å². The van der Waals surface area contributed by atoms with E-state index in [0.717, 1.165) is 11.3 Å². The Morgan fingerprint density at radius 2 is 2.03 bits per heavy atom. The molecule has 3 amide bonds. The summed E-state index contributed by atoms with van der Waals surface area (Å²) in [5.74, 6) is -4.48. The molecule has 170 valence electrons. The quantitative estimate of drug-likeness (QED) is 0.232. The maximum Gasteiger partial charge on any atom is 0.294 e. The Hall–Kier alpha value is -2.90. The molecule has 0 radical (unpaired) electrons. The van der Waals surface area contributed by atoms with Gasteiger partial charge in [0.25, 0.3) is 23.8 Å². The number of aliphatic hydroxyl groups excluding tert-OH is 1. The van der Waals surface area contributed by atoms with Gasteiger partial charge in [0.2, 0.25) is 10.7 Å². The van der Waals surface area contributed by atoms with E-state index in [1.165, 1.54) is 34.5 Å². The summed E-state index contributed by atoms with van der Waals surface area (Å²) in [6, 6.07) is -0.503. The molecule has 2 aliphatic rings. The molecule has 0 aromatic carbocycles. The van der Waals surface area contributed by atoms with E-state index in [9.17, 15) is 29.4 Å². The summed E-state index contributed by atoms with van der Waals surface area (Å²) >= 11 is 2.44. The third-order valence-corrected chi connectivity index (χ3v) is 8.06. The number of carboxylic acids is 1. The first-order valence-corrected chi connectivity index (χ1v) is 11.7. The second-order valence-electron chi connectivity index (χ2n) is 7.84. The maximum atomic E-state index is 12.6. The highest BCUT2D eigenvalue weighted by Gasteiger charge is 2.59. The Kier molecular flexibility index (Phi) is 5.30. The van der Waals surface area contributed by atoms with Crippen LogP contribution in [0.2, 0.25) is 0 Å². The summed E-state index contributed by atoms with van der Waals surface area (Å²) in [4.78, 5) is 50.4. The topological polar surface area (TPSA) is 176 Å². The van der Waals surface area contributed by atoms with Crippen LogP contribution in [0.15, 0.2) is 17.1 Å². The van der Waals surface area contributed by atoms with E-state index in [1.54, 1.807) is 17.6 Å². The van der Waals surface area contributed by atoms with Gasteiger partial charge in [0, 0.05) is 11.5 Å². The van der Waals surface area contributed by atoms with Gasteiger partial charge in [0.05, 0.1) is 34.6 Å². The molecule has 13 heteroatoms. The number of aliphatic carboxylic acids is 1. The van der Waals surface area contributed by atoms with Crippen molar-refractivity contribution in [3.8, 4) is 0 Å². The molecule has 2 aromatic heterocycles. The number of aliphatic hydroxyl groups is 1. The molecule has 32 heavy (non-hydrogen) atoms. The first-order valence-electron chi connectivity index (χ1n) is 9.67. The molecule has 5 N–H and O–H groups in total. The molecule has 1 fully saturated rings. The van der Waals surface area contributed by atoms with Gasteiger partial charge in [-0.05, 0) is 13.2 Å². The molecule has 2 aliphatic heterocycles. The average Bonchev–Trinajstić information content (AvgIpc) is 3.26. The van der Waals surface area contributed by atoms with Crippen LogP contribution in [-0.2, 0) is 20.9 Å². The molecule has 0 unspecified atom stereocenters. The SMILES string of the molecule is CSc1c(C2=C(C(=O)[O-])N3C(=O)[C@H]([C@@H](C)O)[C@H]3[C@H]2C)sc2c(C(N)=O)n(CC(N)=O)c[n+]12. The predicted octanol–water partition coefficient (Wildman–Crippen LogP) is -2.09. The summed E-state index contributed by atoms with van der Waals surface area (Å²) in [5, 5.41) is 22.7. The summed E-state index contributed by atoms with van der Waals surface area (Å²) in [6.07, 6.45) is 2.37. The lowest BCUT2D eigenvalue weighted by Gasteiger charge is -2.47. The van der Waals surface area contributed by atoms with Crippen LogP contribution in [0, 0.1) is 11.8 Å². The molecule has 4 heterocycles. The molecule has 4 rings (SSSR count). The number of carbonyl (C=O) groups is 4. The van der Waals surface area contributed by atoms with Crippen LogP contribution < -0.4 is 21.0 Å². The second kappa shape index (κ2) is 7.60. The summed E-state index contributed by atoms with van der Waals surface area (Å²) in [7, 11) is 0. The van der Waals surface area contributed by atoms with Crippen LogP contribution in [0.25, 0.3) is 10.4 Å². The predicted molar refractivity (Wildman–Crippen MR) is 112 cm³/mol. The molecule has 0 bridgehead atoms. The number of thioether (sulfide) groups is 1. The zero-order valence-corrected chi connectivity index (χ0v) is 19.0. The fourth-order valence-corrected chi connectivity index (χ4v) is 7.12. The van der Waals surface area contributed by atoms with Gasteiger partial charge in [-0.2, -0.15) is 4.40 Å². The number of primary amides is 2. The van der Waals surface area contributed by atoms with Crippen LogP contribution in [-0.4, -0.2) is 56.7 Å². The summed E-state index contributed by atoms with van der Waals surface area (Å²) in [5.41, 5.74) is 11.1. The minimum atomic E-state index is -1.49. The van der Waals surface area contributed by atoms with E-state index in [1.807, 2.05) is 0 Å². The second-order valence-corrected chi connectivity index (χ2v) is 9.64. The molecule has 11 nitrogen and oxygen atoms in total. The van der Waals surface area contributed by atoms with Gasteiger partial charge >= 0.3 is 0 Å². The first-order chi connectivity index (χ1) is 15.0. The van der Waals surface area contributed by atoms with Gasteiger partial charge in [-0.25, -0.2) is 4.57 Å². The minimum absolute atomic E-state index is 0.0674. The van der Waals surface area contributed by atoms with Crippen LogP contribution >= 0.6 is 23.1 Å². The lowest BCUT2D eigenvalue weighted by Crippen LogP contribution is -2.64. The highest BCUT2D eigenvalue weighted by molar-refractivity contribution is 7.98. The Labute approximate surface area is 190 Å². The highest BCUT2D eigenvalue weighted by atomic mass is 32.2. The van der Waals surface area contributed by atoms with Gasteiger partial charge in [-0.1, -0.05) is 30.0 Å². The Balaban J connectivity index is 1.95. The molecular formula is C19H21N5O6S2. The third kappa shape index (κ3) is 2.95. The van der Waals surface area contributed by atoms with E-state index in [0.29, 0.717) is 20.3 Å². The molecule has 0 spiro atoms. The number of β-lactam (4-membered cyclic amide) rings is 1. The Morgan fingerprint density at radius 1 is 1.38 bits per heavy atom. The van der Waals surface area contributed by atoms with Crippen molar-refractivity contribution in [2.24, 2.45) is 23.3 Å². The molecule has 1 saturated heterocycles. The van der Waals surface area contributed by atoms with Crippen LogP contribution in [0.3, 0.4) is 0 Å². The number of hydrogen-bond donors (Lipinski definition) is 3. The third-order valence-electron chi connectivity index (χ3n) is 5.94. The average molecular weight is 480 g/mol. The van der Waals surface area contributed by atoms with Gasteiger partial charge in [0.1, 0.15) is 0 Å². The van der Waals surface area contributed by atoms with E-state index in [2.05, 4.69) is 0 Å². The van der Waals surface area contributed by atoms with E-state index in [-0.39, 0.29) is 17.9 Å². The highest BCUT2D eigenvalue weighted by Crippen LogP contribution is 2.52. The van der Waals surface area contributed by atoms with Gasteiger partial charge in [-0.3, -0.25) is 14.4 Å². The number of rotatable bonds is 7. The monoisotopic (exact) mass is 479 g/mol. The van der Waals surface area contributed by atoms with Crippen molar-refractivity contribution in [3.63, 3.8) is 0 Å². The standard InChI is InChI=1S/C19H21N5O6S2/c1-6-9(12(19(29)30)24-11(6)10(7(2)25)16(24)28)14-18(31-3)23-5-22(4-8(20)26)13(15(21)27)17(23)32-14/h5-7,10-11,25H,4H2,1-3H3,(H4-,20,21,26,27,29,30)/t6-,7+,10+,11+/m0/s1. The van der Waals surface area contributed by atoms with Crippen molar-refractivity contribution < 1.29 is 33.8 Å². The van der Waals surface area contributed by atoms with Crippen LogP contribution in [0.4, 0.5) is 0 Å². The fraction of sp³-hybridized carbons (Fsp3) is 0.421. The normalized spacial score (nSPS) is 23.4. The summed E-state index contributed by atoms with van der Waals surface area (Å²) < 4.78 is 3.01. The van der Waals surface area contributed by atoms with Crippen molar-refractivity contribution in [1.82, 2.24) is 9.47 Å². The van der Waals surface area contributed by atoms with Gasteiger partial charge in [-0.15, -0.1) is 0 Å². The molecule has 0 aliphatic carbocycles. The molecule has 0 saturated carbocycles. The lowest BCUT2D eigenvalue weighted by molar-refractivity contribution is -0.551. The number of nitrogens with zero attached hydrogens (tertiary/aromatic N) is 3. The van der Waals surface area contributed by atoms with E-state index in [4.69, 9.17) is 11.5 Å². The minimum Gasteiger partial charge on any atom is -0.543 e. The van der Waals surface area contributed by atoms with E-state index < -0.39 is 47.7 Å². The fourth-order valence-electron chi connectivity index (χ4n) is 4.73. The number of carbonyl (C=O) groups excluding carboxylic acids is 4. The van der Waals surface area contributed by atoms with Crippen LogP contribution in [0.5, 0.6) is 0 Å². The Morgan fingerprint density at radius 3 is 2.53 bits per heavy atom. The van der Waals surface area contributed by atoms with Gasteiger partial charge in [0.15, 0.2) is 11.6 Å². The van der Waals surface area contributed by atoms with Crippen molar-refractivity contribution in [3.05, 3.63) is 22.6 Å². The number of imidazole rings is 1. The first kappa shape index (κ1) is 22.3. The number of aromatic nitrogens is 2. The van der Waals surface area contributed by atoms with Crippen molar-refractivity contribution >= 4 is 57.2 Å². The largest absolute Gasteiger partial charge is 0.543 e. The molecule has 2 aromatic rings. The lowest BCUT2D eigenvalue weighted by atomic mass is 9.77. The smallest absolute Gasteiger partial charge is 0.294 e. The molecule has 4 atom stereocenters. The maximum absolute atomic E-state index is 12.6. The number of thiazole rings is 1. The van der Waals surface area contributed by atoms with Crippen molar-refractivity contribution in [2.75, 3.05) is 6.26 Å². The zero-order valence-electron chi connectivity index (χ0n) is 17.4. The number of amides is 3. The Bertz CT molecular complexity index is 1230. The van der Waals surface area contributed by atoms with Gasteiger partial charge < -0.3 is 31.4 Å². The summed E-state index contributed by atoms with van der Waals surface area (Å²) in [6.45, 7) is 3.05. The molecular weight excluding hydrogens is 458 g/mol.